The second-order valence-corrected chi connectivity index (χ2v) is 4.24. The first-order valence-electron chi connectivity index (χ1n) is 6.06. The molecule has 5 heteroatoms. The molecule has 0 aliphatic rings. The number of ether oxygens (including phenoxy) is 2. The van der Waals surface area contributed by atoms with Crippen molar-refractivity contribution in [1.82, 2.24) is 4.98 Å². The molecule has 1 heterocycles. The van der Waals surface area contributed by atoms with Crippen LogP contribution in [0.15, 0.2) is 22.6 Å². The summed E-state index contributed by atoms with van der Waals surface area (Å²) in [5.74, 6) is 2.46. The van der Waals surface area contributed by atoms with Gasteiger partial charge in [0.15, 0.2) is 0 Å². The number of nitrogens with two attached hydrogens (primary N) is 1. The molecule has 0 radical (unpaired) electrons. The van der Waals surface area contributed by atoms with Gasteiger partial charge in [-0.15, -0.1) is 0 Å². The first-order valence-corrected chi connectivity index (χ1v) is 6.06. The fourth-order valence-corrected chi connectivity index (χ4v) is 2.01. The Kier molecular flexibility index (Phi) is 3.94. The summed E-state index contributed by atoms with van der Waals surface area (Å²) in [6, 6.07) is 5.95. The van der Waals surface area contributed by atoms with Crippen molar-refractivity contribution in [1.29, 1.82) is 0 Å². The van der Waals surface area contributed by atoms with Gasteiger partial charge in [0.05, 0.1) is 19.9 Å². The number of aromatic nitrogens is 1. The predicted molar refractivity (Wildman–Crippen MR) is 72.6 cm³/mol. The van der Waals surface area contributed by atoms with E-state index >= 15 is 0 Å². The van der Waals surface area contributed by atoms with Gasteiger partial charge in [-0.2, -0.15) is 4.98 Å². The summed E-state index contributed by atoms with van der Waals surface area (Å²) in [4.78, 5) is 4.05. The number of benzene rings is 1. The van der Waals surface area contributed by atoms with E-state index in [9.17, 15) is 0 Å². The van der Waals surface area contributed by atoms with Crippen molar-refractivity contribution >= 4 is 6.01 Å². The summed E-state index contributed by atoms with van der Waals surface area (Å²) in [5, 5.41) is 0. The van der Waals surface area contributed by atoms with E-state index in [2.05, 4.69) is 4.98 Å². The second kappa shape index (κ2) is 5.65. The lowest BCUT2D eigenvalue weighted by molar-refractivity contribution is 0.398. The number of nitrogen functional groups attached to an aromatic ring is 1. The smallest absolute Gasteiger partial charge is 0.292 e. The Balaban J connectivity index is 2.16. The first kappa shape index (κ1) is 13.3. The maximum absolute atomic E-state index is 5.53. The van der Waals surface area contributed by atoms with Gasteiger partial charge in [-0.05, 0) is 37.1 Å². The minimum absolute atomic E-state index is 0.213. The molecule has 1 aromatic heterocycles. The van der Waals surface area contributed by atoms with Crippen molar-refractivity contribution in [3.63, 3.8) is 0 Å². The largest absolute Gasteiger partial charge is 0.497 e. The third kappa shape index (κ3) is 2.99. The molecule has 0 unspecified atom stereocenters. The van der Waals surface area contributed by atoms with Gasteiger partial charge in [-0.1, -0.05) is 0 Å². The van der Waals surface area contributed by atoms with Gasteiger partial charge in [-0.3, -0.25) is 0 Å². The van der Waals surface area contributed by atoms with E-state index in [1.807, 2.05) is 25.1 Å². The highest BCUT2D eigenvalue weighted by atomic mass is 16.5. The molecule has 1 aromatic carbocycles. The minimum atomic E-state index is 0.213. The Hall–Kier alpha value is -2.17. The molecule has 19 heavy (non-hydrogen) atoms. The van der Waals surface area contributed by atoms with Gasteiger partial charge in [0.25, 0.3) is 6.01 Å². The second-order valence-electron chi connectivity index (χ2n) is 4.24. The number of oxazole rings is 1. The van der Waals surface area contributed by atoms with E-state index < -0.39 is 0 Å². The fraction of sp³-hybridized carbons (Fsp3) is 0.357. The summed E-state index contributed by atoms with van der Waals surface area (Å²) >= 11 is 0. The van der Waals surface area contributed by atoms with Gasteiger partial charge in [0.1, 0.15) is 17.3 Å². The standard InChI is InChI=1S/C14H18N2O3/c1-9-12(19-14(15)16-9)6-4-10-8-11(17-2)5-7-13(10)18-3/h5,7-8H,4,6H2,1-3H3,(H2,15,16). The molecule has 0 aliphatic carbocycles. The minimum Gasteiger partial charge on any atom is -0.497 e. The van der Waals surface area contributed by atoms with Crippen LogP contribution in [0.3, 0.4) is 0 Å². The van der Waals surface area contributed by atoms with Gasteiger partial charge in [0, 0.05) is 6.42 Å². The van der Waals surface area contributed by atoms with E-state index in [1.165, 1.54) is 0 Å². The summed E-state index contributed by atoms with van der Waals surface area (Å²) in [7, 11) is 3.30. The summed E-state index contributed by atoms with van der Waals surface area (Å²) in [5.41, 5.74) is 7.43. The average Bonchev–Trinajstić information content (AvgIpc) is 2.74. The molecule has 0 atom stereocenters. The normalized spacial score (nSPS) is 10.5. The van der Waals surface area contributed by atoms with Gasteiger partial charge >= 0.3 is 0 Å². The number of rotatable bonds is 5. The monoisotopic (exact) mass is 262 g/mol. The van der Waals surface area contributed by atoms with E-state index in [1.54, 1.807) is 14.2 Å². The molecule has 0 bridgehead atoms. The van der Waals surface area contributed by atoms with Crippen molar-refractivity contribution in [2.75, 3.05) is 20.0 Å². The first-order chi connectivity index (χ1) is 9.13. The molecule has 5 nitrogen and oxygen atoms in total. The van der Waals surface area contributed by atoms with Gasteiger partial charge in [0.2, 0.25) is 0 Å². The Morgan fingerprint density at radius 1 is 1.21 bits per heavy atom. The van der Waals surface area contributed by atoms with Crippen LogP contribution in [0.2, 0.25) is 0 Å². The van der Waals surface area contributed by atoms with Crippen molar-refractivity contribution in [3.8, 4) is 11.5 Å². The molecular weight excluding hydrogens is 244 g/mol. The zero-order valence-electron chi connectivity index (χ0n) is 11.4. The molecule has 0 spiro atoms. The topological polar surface area (TPSA) is 70.5 Å². The van der Waals surface area contributed by atoms with Crippen LogP contribution in [0, 0.1) is 6.92 Å². The van der Waals surface area contributed by atoms with Crippen LogP contribution in [-0.2, 0) is 12.8 Å². The molecule has 0 aliphatic heterocycles. The van der Waals surface area contributed by atoms with Crippen molar-refractivity contribution < 1.29 is 13.9 Å². The molecule has 2 aromatic rings. The molecule has 0 saturated carbocycles. The maximum Gasteiger partial charge on any atom is 0.292 e. The quantitative estimate of drug-likeness (QED) is 0.895. The van der Waals surface area contributed by atoms with Crippen LogP contribution in [-0.4, -0.2) is 19.2 Å². The zero-order valence-corrected chi connectivity index (χ0v) is 11.4. The molecule has 0 amide bonds. The van der Waals surface area contributed by atoms with Crippen molar-refractivity contribution in [2.24, 2.45) is 0 Å². The molecule has 2 rings (SSSR count). The predicted octanol–water partition coefficient (Wildman–Crippen LogP) is 2.37. The fourth-order valence-electron chi connectivity index (χ4n) is 2.01. The lowest BCUT2D eigenvalue weighted by Gasteiger charge is -2.09. The Labute approximate surface area is 112 Å². The average molecular weight is 262 g/mol. The Bertz CT molecular complexity index is 564. The Morgan fingerprint density at radius 2 is 2.00 bits per heavy atom. The number of aryl methyl sites for hydroxylation is 3. The molecule has 102 valence electrons. The summed E-state index contributed by atoms with van der Waals surface area (Å²) in [6.45, 7) is 1.89. The van der Waals surface area contributed by atoms with Crippen molar-refractivity contribution in [3.05, 3.63) is 35.2 Å². The van der Waals surface area contributed by atoms with Crippen LogP contribution in [0.5, 0.6) is 11.5 Å². The highest BCUT2D eigenvalue weighted by molar-refractivity contribution is 5.40. The molecule has 0 fully saturated rings. The highest BCUT2D eigenvalue weighted by Crippen LogP contribution is 2.26. The third-order valence-electron chi connectivity index (χ3n) is 3.02. The Morgan fingerprint density at radius 3 is 2.58 bits per heavy atom. The SMILES string of the molecule is COc1ccc(OC)c(CCc2oc(N)nc2C)c1. The van der Waals surface area contributed by atoms with E-state index in [4.69, 9.17) is 19.6 Å². The number of methoxy groups -OCH3 is 2. The highest BCUT2D eigenvalue weighted by Gasteiger charge is 2.10. The lowest BCUT2D eigenvalue weighted by atomic mass is 10.1. The molecular formula is C14H18N2O3. The van der Waals surface area contributed by atoms with Crippen LogP contribution in [0.4, 0.5) is 6.01 Å². The van der Waals surface area contributed by atoms with E-state index in [0.717, 1.165) is 41.4 Å². The van der Waals surface area contributed by atoms with Crippen molar-refractivity contribution in [2.45, 2.75) is 19.8 Å². The van der Waals surface area contributed by atoms with Crippen LogP contribution >= 0.6 is 0 Å². The number of nitrogens with zero attached hydrogens (tertiary/aromatic N) is 1. The van der Waals surface area contributed by atoms with E-state index in [0.29, 0.717) is 0 Å². The third-order valence-corrected chi connectivity index (χ3v) is 3.02. The number of hydrogen-bond donors (Lipinski definition) is 1. The van der Waals surface area contributed by atoms with Gasteiger partial charge in [-0.25, -0.2) is 0 Å². The lowest BCUT2D eigenvalue weighted by Crippen LogP contribution is -1.97. The van der Waals surface area contributed by atoms with Gasteiger partial charge < -0.3 is 19.6 Å². The maximum atomic E-state index is 5.53. The summed E-state index contributed by atoms with van der Waals surface area (Å²) < 4.78 is 15.9. The molecule has 2 N–H and O–H groups in total. The van der Waals surface area contributed by atoms with Crippen LogP contribution in [0.1, 0.15) is 17.0 Å². The zero-order chi connectivity index (χ0) is 13.8. The summed E-state index contributed by atoms with van der Waals surface area (Å²) in [6.07, 6.45) is 1.50. The number of anilines is 1. The van der Waals surface area contributed by atoms with Crippen LogP contribution in [0.25, 0.3) is 0 Å². The molecule has 0 saturated heterocycles. The van der Waals surface area contributed by atoms with E-state index in [-0.39, 0.29) is 6.01 Å². The number of hydrogen-bond acceptors (Lipinski definition) is 5. The van der Waals surface area contributed by atoms with Crippen LogP contribution < -0.4 is 15.2 Å².